The predicted molar refractivity (Wildman–Crippen MR) is 57.6 cm³/mol. The third kappa shape index (κ3) is 1.74. The average Bonchev–Trinajstić information content (AvgIpc) is 2.97. The molecule has 0 saturated carbocycles. The van der Waals surface area contributed by atoms with Crippen molar-refractivity contribution >= 4 is 0 Å². The lowest BCUT2D eigenvalue weighted by atomic mass is 9.93. The molecule has 2 heterocycles. The summed E-state index contributed by atoms with van der Waals surface area (Å²) in [6.07, 6.45) is 6.69. The number of nitrogens with one attached hydrogen (secondary N) is 2. The summed E-state index contributed by atoms with van der Waals surface area (Å²) in [5, 5.41) is 10.1. The maximum atomic E-state index is 5.45. The number of aromatic nitrogens is 3. The van der Waals surface area contributed by atoms with Gasteiger partial charge >= 0.3 is 0 Å². The molecule has 0 fully saturated rings. The molecule has 0 spiro atoms. The molecule has 16 heavy (non-hydrogen) atoms. The molecule has 2 aromatic rings. The van der Waals surface area contributed by atoms with E-state index >= 15 is 0 Å². The van der Waals surface area contributed by atoms with Crippen molar-refractivity contribution in [1.29, 1.82) is 0 Å². The Morgan fingerprint density at radius 2 is 2.56 bits per heavy atom. The van der Waals surface area contributed by atoms with Crippen LogP contribution < -0.4 is 5.32 Å². The highest BCUT2D eigenvalue weighted by Gasteiger charge is 2.22. The highest BCUT2D eigenvalue weighted by Crippen LogP contribution is 2.30. The Kier molecular flexibility index (Phi) is 2.46. The summed E-state index contributed by atoms with van der Waals surface area (Å²) in [4.78, 5) is 4.09. The Morgan fingerprint density at radius 1 is 1.56 bits per heavy atom. The van der Waals surface area contributed by atoms with Crippen molar-refractivity contribution in [2.75, 3.05) is 0 Å². The number of rotatable bonds is 3. The fourth-order valence-electron chi connectivity index (χ4n) is 2.23. The first-order valence-corrected chi connectivity index (χ1v) is 5.57. The quantitative estimate of drug-likeness (QED) is 0.820. The van der Waals surface area contributed by atoms with Crippen LogP contribution in [0.2, 0.25) is 0 Å². The van der Waals surface area contributed by atoms with Crippen molar-refractivity contribution in [2.24, 2.45) is 0 Å². The standard InChI is InChI=1S/C11H14N4O/c1-2-9(8-4-5-16-10(8)3-1)12-6-11-13-7-14-15-11/h4-5,7,9,12H,1-3,6H2,(H,13,14,15). The lowest BCUT2D eigenvalue weighted by molar-refractivity contribution is 0.408. The molecule has 3 rings (SSSR count). The maximum absolute atomic E-state index is 5.45. The Labute approximate surface area is 93.3 Å². The van der Waals surface area contributed by atoms with Crippen molar-refractivity contribution in [3.05, 3.63) is 35.8 Å². The number of nitrogens with zero attached hydrogens (tertiary/aromatic N) is 2. The minimum Gasteiger partial charge on any atom is -0.469 e. The van der Waals surface area contributed by atoms with Gasteiger partial charge in [-0.1, -0.05) is 0 Å². The van der Waals surface area contributed by atoms with Crippen LogP contribution in [-0.4, -0.2) is 15.2 Å². The van der Waals surface area contributed by atoms with E-state index in [1.165, 1.54) is 18.3 Å². The smallest absolute Gasteiger partial charge is 0.138 e. The van der Waals surface area contributed by atoms with Crippen molar-refractivity contribution in [3.63, 3.8) is 0 Å². The molecule has 0 amide bonds. The van der Waals surface area contributed by atoms with Crippen molar-refractivity contribution in [1.82, 2.24) is 20.5 Å². The molecule has 5 nitrogen and oxygen atoms in total. The molecule has 84 valence electrons. The topological polar surface area (TPSA) is 66.7 Å². The second kappa shape index (κ2) is 4.09. The highest BCUT2D eigenvalue weighted by molar-refractivity contribution is 5.24. The molecular weight excluding hydrogens is 204 g/mol. The Morgan fingerprint density at radius 3 is 3.44 bits per heavy atom. The van der Waals surface area contributed by atoms with E-state index in [0.717, 1.165) is 31.0 Å². The Balaban J connectivity index is 1.69. The van der Waals surface area contributed by atoms with Crippen LogP contribution in [0.3, 0.4) is 0 Å². The van der Waals surface area contributed by atoms with Crippen LogP contribution >= 0.6 is 0 Å². The normalized spacial score (nSPS) is 19.6. The van der Waals surface area contributed by atoms with Crippen LogP contribution in [0.25, 0.3) is 0 Å². The third-order valence-electron chi connectivity index (χ3n) is 3.03. The number of hydrogen-bond donors (Lipinski definition) is 2. The monoisotopic (exact) mass is 218 g/mol. The van der Waals surface area contributed by atoms with Crippen molar-refractivity contribution < 1.29 is 4.42 Å². The van der Waals surface area contributed by atoms with Gasteiger partial charge < -0.3 is 9.73 Å². The summed E-state index contributed by atoms with van der Waals surface area (Å²) in [6, 6.07) is 2.44. The average molecular weight is 218 g/mol. The predicted octanol–water partition coefficient (Wildman–Crippen LogP) is 1.56. The zero-order valence-electron chi connectivity index (χ0n) is 8.94. The lowest BCUT2D eigenvalue weighted by Gasteiger charge is -2.22. The third-order valence-corrected chi connectivity index (χ3v) is 3.03. The van der Waals surface area contributed by atoms with Crippen molar-refractivity contribution in [3.8, 4) is 0 Å². The van der Waals surface area contributed by atoms with Crippen molar-refractivity contribution in [2.45, 2.75) is 31.8 Å². The zero-order chi connectivity index (χ0) is 10.8. The molecular formula is C11H14N4O. The van der Waals surface area contributed by atoms with E-state index < -0.39 is 0 Å². The first-order valence-electron chi connectivity index (χ1n) is 5.57. The van der Waals surface area contributed by atoms with Crippen LogP contribution in [0.15, 0.2) is 23.1 Å². The molecule has 2 N–H and O–H groups in total. The van der Waals surface area contributed by atoms with Gasteiger partial charge in [-0.2, -0.15) is 5.10 Å². The maximum Gasteiger partial charge on any atom is 0.138 e. The van der Waals surface area contributed by atoms with Crippen LogP contribution in [0, 0.1) is 0 Å². The molecule has 5 heteroatoms. The van der Waals surface area contributed by atoms with Gasteiger partial charge in [-0.05, 0) is 18.9 Å². The molecule has 1 unspecified atom stereocenters. The minimum atomic E-state index is 0.382. The van der Waals surface area contributed by atoms with Gasteiger partial charge in [0.1, 0.15) is 17.9 Å². The molecule has 0 radical (unpaired) electrons. The van der Waals surface area contributed by atoms with E-state index in [1.54, 1.807) is 6.26 Å². The molecule has 1 atom stereocenters. The molecule has 2 aromatic heterocycles. The zero-order valence-corrected chi connectivity index (χ0v) is 8.94. The molecule has 0 aliphatic heterocycles. The van der Waals surface area contributed by atoms with E-state index in [0.29, 0.717) is 6.04 Å². The van der Waals surface area contributed by atoms with Gasteiger partial charge in [0.25, 0.3) is 0 Å². The van der Waals surface area contributed by atoms with Crippen LogP contribution in [0.5, 0.6) is 0 Å². The first kappa shape index (κ1) is 9.59. The summed E-state index contributed by atoms with van der Waals surface area (Å²) in [6.45, 7) is 0.718. The van der Waals surface area contributed by atoms with Crippen LogP contribution in [0.4, 0.5) is 0 Å². The Hall–Kier alpha value is -1.62. The fraction of sp³-hybridized carbons (Fsp3) is 0.455. The molecule has 0 bridgehead atoms. The Bertz CT molecular complexity index is 448. The van der Waals surface area contributed by atoms with Gasteiger partial charge in [0.2, 0.25) is 0 Å². The number of aromatic amines is 1. The number of H-pyrrole nitrogens is 1. The molecule has 1 aliphatic carbocycles. The van der Waals surface area contributed by atoms with E-state index in [1.807, 2.05) is 0 Å². The molecule has 0 saturated heterocycles. The SMILES string of the molecule is c1n[nH]c(CNC2CCCc3occc32)n1. The van der Waals surface area contributed by atoms with Gasteiger partial charge in [-0.3, -0.25) is 5.10 Å². The van der Waals surface area contributed by atoms with E-state index in [4.69, 9.17) is 4.42 Å². The van der Waals surface area contributed by atoms with E-state index in [-0.39, 0.29) is 0 Å². The van der Waals surface area contributed by atoms with Gasteiger partial charge in [0.05, 0.1) is 12.8 Å². The number of fused-ring (bicyclic) bond motifs is 1. The van der Waals surface area contributed by atoms with Crippen LogP contribution in [-0.2, 0) is 13.0 Å². The molecule has 0 aromatic carbocycles. The lowest BCUT2D eigenvalue weighted by Crippen LogP contribution is -2.24. The summed E-state index contributed by atoms with van der Waals surface area (Å²) in [7, 11) is 0. The first-order chi connectivity index (χ1) is 7.93. The number of furan rings is 1. The van der Waals surface area contributed by atoms with Gasteiger partial charge in [-0.15, -0.1) is 0 Å². The summed E-state index contributed by atoms with van der Waals surface area (Å²) < 4.78 is 5.45. The van der Waals surface area contributed by atoms with Gasteiger partial charge in [0, 0.05) is 18.0 Å². The summed E-state index contributed by atoms with van der Waals surface area (Å²) in [5.41, 5.74) is 1.30. The second-order valence-corrected chi connectivity index (χ2v) is 4.06. The van der Waals surface area contributed by atoms with Gasteiger partial charge in [0.15, 0.2) is 0 Å². The summed E-state index contributed by atoms with van der Waals surface area (Å²) in [5.74, 6) is 2.00. The van der Waals surface area contributed by atoms with E-state index in [9.17, 15) is 0 Å². The second-order valence-electron chi connectivity index (χ2n) is 4.06. The minimum absolute atomic E-state index is 0.382. The highest BCUT2D eigenvalue weighted by atomic mass is 16.3. The van der Waals surface area contributed by atoms with E-state index in [2.05, 4.69) is 26.6 Å². The summed E-state index contributed by atoms with van der Waals surface area (Å²) >= 11 is 0. The van der Waals surface area contributed by atoms with Crippen LogP contribution in [0.1, 0.15) is 36.0 Å². The van der Waals surface area contributed by atoms with Gasteiger partial charge in [-0.25, -0.2) is 4.98 Å². The number of hydrogen-bond acceptors (Lipinski definition) is 4. The molecule has 1 aliphatic rings. The number of aryl methyl sites for hydroxylation is 1. The largest absolute Gasteiger partial charge is 0.469 e. The fourth-order valence-corrected chi connectivity index (χ4v) is 2.23.